The highest BCUT2D eigenvalue weighted by molar-refractivity contribution is 5.59. The number of anilines is 1. The second kappa shape index (κ2) is 4.36. The molecule has 0 bridgehead atoms. The van der Waals surface area contributed by atoms with Gasteiger partial charge < -0.3 is 9.64 Å². The van der Waals surface area contributed by atoms with E-state index in [1.807, 2.05) is 0 Å². The highest BCUT2D eigenvalue weighted by atomic mass is 16.5. The third-order valence-corrected chi connectivity index (χ3v) is 2.95. The van der Waals surface area contributed by atoms with E-state index in [-0.39, 0.29) is 0 Å². The Morgan fingerprint density at radius 2 is 1.94 bits per heavy atom. The maximum atomic E-state index is 5.97. The summed E-state index contributed by atoms with van der Waals surface area (Å²) in [4.78, 5) is 2.11. The van der Waals surface area contributed by atoms with Gasteiger partial charge in [0.2, 0.25) is 0 Å². The second-order valence-electron chi connectivity index (χ2n) is 5.09. The number of hydrogen-bond donors (Lipinski definition) is 0. The lowest BCUT2D eigenvalue weighted by atomic mass is 10.0. The molecule has 1 aliphatic carbocycles. The van der Waals surface area contributed by atoms with Gasteiger partial charge in [0.25, 0.3) is 0 Å². The summed E-state index contributed by atoms with van der Waals surface area (Å²) in [6.07, 6.45) is 2.87. The minimum absolute atomic E-state index is 0.459. The molecule has 2 heteroatoms. The van der Waals surface area contributed by atoms with Gasteiger partial charge >= 0.3 is 0 Å². The minimum Gasteiger partial charge on any atom is -0.488 e. The van der Waals surface area contributed by atoms with E-state index in [4.69, 9.17) is 4.74 Å². The fourth-order valence-electron chi connectivity index (χ4n) is 1.72. The minimum atomic E-state index is 0.459. The Kier molecular flexibility index (Phi) is 3.08. The normalized spacial score (nSPS) is 15.3. The summed E-state index contributed by atoms with van der Waals surface area (Å²) in [5.74, 6) is 1.59. The van der Waals surface area contributed by atoms with Crippen molar-refractivity contribution < 1.29 is 4.74 Å². The maximum absolute atomic E-state index is 5.97. The lowest BCUT2D eigenvalue weighted by molar-refractivity contribution is 0.303. The fraction of sp³-hybridized carbons (Fsp3) is 0.571. The Bertz CT molecular complexity index is 367. The zero-order valence-electron chi connectivity index (χ0n) is 10.7. The first-order chi connectivity index (χ1) is 7.58. The van der Waals surface area contributed by atoms with Crippen LogP contribution in [-0.2, 0) is 0 Å². The predicted molar refractivity (Wildman–Crippen MR) is 68.5 cm³/mol. The van der Waals surface area contributed by atoms with Crippen molar-refractivity contribution in [2.75, 3.05) is 19.0 Å². The molecule has 0 N–H and O–H groups in total. The molecule has 0 amide bonds. The molecule has 1 aromatic carbocycles. The molecule has 2 rings (SSSR count). The molecule has 0 saturated heterocycles. The maximum Gasteiger partial charge on any atom is 0.143 e. The average molecular weight is 219 g/mol. The summed E-state index contributed by atoms with van der Waals surface area (Å²) in [5, 5.41) is 0. The highest BCUT2D eigenvalue weighted by Crippen LogP contribution is 2.35. The lowest BCUT2D eigenvalue weighted by Crippen LogP contribution is -2.11. The number of ether oxygens (including phenoxy) is 1. The summed E-state index contributed by atoms with van der Waals surface area (Å²) in [5.41, 5.74) is 2.53. The van der Waals surface area contributed by atoms with Crippen molar-refractivity contribution in [2.24, 2.45) is 0 Å². The fourth-order valence-corrected chi connectivity index (χ4v) is 1.72. The van der Waals surface area contributed by atoms with Crippen LogP contribution < -0.4 is 9.64 Å². The van der Waals surface area contributed by atoms with Crippen molar-refractivity contribution in [1.82, 2.24) is 0 Å². The average Bonchev–Trinajstić information content (AvgIpc) is 3.01. The van der Waals surface area contributed by atoms with Crippen LogP contribution in [0, 0.1) is 0 Å². The van der Waals surface area contributed by atoms with E-state index in [1.54, 1.807) is 0 Å². The van der Waals surface area contributed by atoms with Crippen molar-refractivity contribution in [3.8, 4) is 5.75 Å². The van der Waals surface area contributed by atoms with Crippen LogP contribution in [-0.4, -0.2) is 20.2 Å². The van der Waals surface area contributed by atoms with Gasteiger partial charge in [0, 0.05) is 14.1 Å². The van der Waals surface area contributed by atoms with Crippen LogP contribution in [0.5, 0.6) is 5.75 Å². The zero-order valence-corrected chi connectivity index (χ0v) is 10.7. The summed E-state index contributed by atoms with van der Waals surface area (Å²) >= 11 is 0. The predicted octanol–water partition coefficient (Wildman–Crippen LogP) is 3.42. The van der Waals surface area contributed by atoms with Crippen LogP contribution in [0.15, 0.2) is 18.2 Å². The van der Waals surface area contributed by atoms with E-state index in [0.29, 0.717) is 12.0 Å². The van der Waals surface area contributed by atoms with E-state index < -0.39 is 0 Å². The summed E-state index contributed by atoms with van der Waals surface area (Å²) in [6, 6.07) is 6.55. The molecule has 1 aliphatic rings. The van der Waals surface area contributed by atoms with E-state index in [9.17, 15) is 0 Å². The standard InChI is InChI=1S/C14H21NO/c1-10(2)11-5-8-13(15(3)4)14(9-11)16-12-6-7-12/h5,8-10,12H,6-7H2,1-4H3. The Labute approximate surface area is 98.2 Å². The summed E-state index contributed by atoms with van der Waals surface area (Å²) < 4.78 is 5.97. The number of rotatable bonds is 4. The van der Waals surface area contributed by atoms with E-state index in [0.717, 1.165) is 5.75 Å². The zero-order chi connectivity index (χ0) is 11.7. The highest BCUT2D eigenvalue weighted by Gasteiger charge is 2.25. The number of benzene rings is 1. The SMILES string of the molecule is CC(C)c1ccc(N(C)C)c(OC2CC2)c1. The molecule has 1 aromatic rings. The smallest absolute Gasteiger partial charge is 0.143 e. The molecule has 0 aliphatic heterocycles. The third-order valence-electron chi connectivity index (χ3n) is 2.95. The molecule has 88 valence electrons. The van der Waals surface area contributed by atoms with Crippen LogP contribution in [0.4, 0.5) is 5.69 Å². The van der Waals surface area contributed by atoms with Gasteiger partial charge in [-0.15, -0.1) is 0 Å². The monoisotopic (exact) mass is 219 g/mol. The van der Waals surface area contributed by atoms with Gasteiger partial charge in [0.05, 0.1) is 11.8 Å². The molecule has 0 heterocycles. The molecule has 2 nitrogen and oxygen atoms in total. The van der Waals surface area contributed by atoms with E-state index in [1.165, 1.54) is 24.1 Å². The molecule has 1 saturated carbocycles. The summed E-state index contributed by atoms with van der Waals surface area (Å²) in [6.45, 7) is 4.43. The lowest BCUT2D eigenvalue weighted by Gasteiger charge is -2.19. The summed E-state index contributed by atoms with van der Waals surface area (Å²) in [7, 11) is 4.12. The molecule has 1 fully saturated rings. The van der Waals surface area contributed by atoms with Crippen molar-refractivity contribution in [3.63, 3.8) is 0 Å². The van der Waals surface area contributed by atoms with Gasteiger partial charge in [0.1, 0.15) is 5.75 Å². The van der Waals surface area contributed by atoms with Crippen LogP contribution in [0.2, 0.25) is 0 Å². The van der Waals surface area contributed by atoms with Crippen LogP contribution in [0.1, 0.15) is 38.2 Å². The molecule has 0 aromatic heterocycles. The van der Waals surface area contributed by atoms with Gasteiger partial charge in [-0.3, -0.25) is 0 Å². The Hall–Kier alpha value is -1.18. The molecule has 16 heavy (non-hydrogen) atoms. The number of nitrogens with zero attached hydrogens (tertiary/aromatic N) is 1. The number of hydrogen-bond acceptors (Lipinski definition) is 2. The first-order valence-electron chi connectivity index (χ1n) is 6.06. The topological polar surface area (TPSA) is 12.5 Å². The van der Waals surface area contributed by atoms with Crippen LogP contribution in [0.3, 0.4) is 0 Å². The van der Waals surface area contributed by atoms with E-state index in [2.05, 4.69) is 51.0 Å². The third kappa shape index (κ3) is 2.49. The van der Waals surface area contributed by atoms with Gasteiger partial charge in [0.15, 0.2) is 0 Å². The van der Waals surface area contributed by atoms with Gasteiger partial charge in [-0.2, -0.15) is 0 Å². The quantitative estimate of drug-likeness (QED) is 0.769. The molecular weight excluding hydrogens is 198 g/mol. The van der Waals surface area contributed by atoms with Gasteiger partial charge in [-0.25, -0.2) is 0 Å². The Morgan fingerprint density at radius 1 is 1.25 bits per heavy atom. The van der Waals surface area contributed by atoms with Crippen molar-refractivity contribution >= 4 is 5.69 Å². The van der Waals surface area contributed by atoms with Crippen molar-refractivity contribution in [2.45, 2.75) is 38.7 Å². The van der Waals surface area contributed by atoms with Crippen molar-refractivity contribution in [1.29, 1.82) is 0 Å². The molecule has 0 atom stereocenters. The van der Waals surface area contributed by atoms with Gasteiger partial charge in [-0.1, -0.05) is 19.9 Å². The van der Waals surface area contributed by atoms with E-state index >= 15 is 0 Å². The van der Waals surface area contributed by atoms with Crippen LogP contribution in [0.25, 0.3) is 0 Å². The molecule has 0 spiro atoms. The Balaban J connectivity index is 2.29. The molecule has 0 radical (unpaired) electrons. The van der Waals surface area contributed by atoms with Crippen molar-refractivity contribution in [3.05, 3.63) is 23.8 Å². The first kappa shape index (κ1) is 11.3. The second-order valence-corrected chi connectivity index (χ2v) is 5.09. The Morgan fingerprint density at radius 3 is 2.44 bits per heavy atom. The molecular formula is C14H21NO. The van der Waals surface area contributed by atoms with Gasteiger partial charge in [-0.05, 0) is 36.5 Å². The largest absolute Gasteiger partial charge is 0.488 e. The molecule has 0 unspecified atom stereocenters. The van der Waals surface area contributed by atoms with Crippen LogP contribution >= 0.6 is 0 Å². The first-order valence-corrected chi connectivity index (χ1v) is 6.06.